The van der Waals surface area contributed by atoms with E-state index in [4.69, 9.17) is 4.52 Å². The van der Waals surface area contributed by atoms with Crippen molar-refractivity contribution in [3.05, 3.63) is 11.7 Å². The van der Waals surface area contributed by atoms with Gasteiger partial charge in [0.05, 0.1) is 5.54 Å². The van der Waals surface area contributed by atoms with E-state index in [9.17, 15) is 0 Å². The summed E-state index contributed by atoms with van der Waals surface area (Å²) in [6, 6.07) is 0. The molecular formula is C16H27N3OS. The van der Waals surface area contributed by atoms with Gasteiger partial charge >= 0.3 is 0 Å². The van der Waals surface area contributed by atoms with Crippen LogP contribution in [0.1, 0.15) is 63.6 Å². The lowest BCUT2D eigenvalue weighted by atomic mass is 9.95. The van der Waals surface area contributed by atoms with Gasteiger partial charge in [0.15, 0.2) is 5.82 Å². The van der Waals surface area contributed by atoms with Gasteiger partial charge in [-0.3, -0.25) is 0 Å². The maximum absolute atomic E-state index is 5.18. The summed E-state index contributed by atoms with van der Waals surface area (Å²) >= 11 is 2.14. The van der Waals surface area contributed by atoms with Crippen molar-refractivity contribution < 1.29 is 4.52 Å². The smallest absolute Gasteiger partial charge is 0.223 e. The number of aromatic nitrogens is 2. The van der Waals surface area contributed by atoms with Crippen molar-refractivity contribution in [3.63, 3.8) is 0 Å². The molecule has 0 spiro atoms. The summed E-state index contributed by atoms with van der Waals surface area (Å²) in [6.45, 7) is 5.13. The average Bonchev–Trinajstić information content (AvgIpc) is 3.27. The van der Waals surface area contributed by atoms with Crippen LogP contribution in [0.4, 0.5) is 0 Å². The third-order valence-electron chi connectivity index (χ3n) is 4.89. The number of thioether (sulfide) groups is 1. The normalized spacial score (nSPS) is 23.1. The van der Waals surface area contributed by atoms with Crippen molar-refractivity contribution in [3.8, 4) is 0 Å². The van der Waals surface area contributed by atoms with Crippen LogP contribution in [0.25, 0.3) is 0 Å². The highest BCUT2D eigenvalue weighted by Gasteiger charge is 2.45. The topological polar surface area (TPSA) is 51.0 Å². The Morgan fingerprint density at radius 2 is 2.00 bits per heavy atom. The highest BCUT2D eigenvalue weighted by molar-refractivity contribution is 7.99. The van der Waals surface area contributed by atoms with Crippen LogP contribution < -0.4 is 5.32 Å². The Balaban J connectivity index is 1.49. The second-order valence-corrected chi connectivity index (χ2v) is 8.08. The fraction of sp³-hybridized carbons (Fsp3) is 0.875. The molecule has 1 unspecified atom stereocenters. The van der Waals surface area contributed by atoms with E-state index < -0.39 is 0 Å². The first kappa shape index (κ1) is 15.3. The lowest BCUT2D eigenvalue weighted by molar-refractivity contribution is 0.289. The Labute approximate surface area is 131 Å². The molecule has 118 valence electrons. The van der Waals surface area contributed by atoms with Crippen LogP contribution in [0.3, 0.4) is 0 Å². The highest BCUT2D eigenvalue weighted by Crippen LogP contribution is 2.44. The van der Waals surface area contributed by atoms with Crippen molar-refractivity contribution in [1.29, 1.82) is 0 Å². The lowest BCUT2D eigenvalue weighted by Gasteiger charge is -2.28. The zero-order chi connectivity index (χ0) is 14.7. The maximum Gasteiger partial charge on any atom is 0.223 e. The first-order chi connectivity index (χ1) is 10.2. The zero-order valence-electron chi connectivity index (χ0n) is 13.2. The van der Waals surface area contributed by atoms with E-state index in [1.165, 1.54) is 50.7 Å². The summed E-state index contributed by atoms with van der Waals surface area (Å²) in [5, 5.41) is 8.77. The summed E-state index contributed by atoms with van der Waals surface area (Å²) in [5.41, 5.74) is -0.106. The standard InChI is InChI=1S/C16H27N3OS/c1-12-18-15(19-20-12)16(2,13-8-9-13)17-10-11-21-14-6-4-3-5-7-14/h13-14,17H,3-11H2,1-2H3. The van der Waals surface area contributed by atoms with E-state index in [-0.39, 0.29) is 5.54 Å². The molecule has 0 aromatic carbocycles. The Morgan fingerprint density at radius 3 is 2.62 bits per heavy atom. The summed E-state index contributed by atoms with van der Waals surface area (Å²) in [6.07, 6.45) is 9.65. The van der Waals surface area contributed by atoms with E-state index in [0.717, 1.165) is 17.6 Å². The summed E-state index contributed by atoms with van der Waals surface area (Å²) < 4.78 is 5.18. The van der Waals surface area contributed by atoms with Gasteiger partial charge in [0.1, 0.15) is 0 Å². The minimum absolute atomic E-state index is 0.106. The van der Waals surface area contributed by atoms with Crippen molar-refractivity contribution in [2.24, 2.45) is 5.92 Å². The molecule has 1 N–H and O–H groups in total. The molecule has 3 rings (SSSR count). The van der Waals surface area contributed by atoms with Gasteiger partial charge in [-0.05, 0) is 38.5 Å². The largest absolute Gasteiger partial charge is 0.340 e. The monoisotopic (exact) mass is 309 g/mol. The third-order valence-corrected chi connectivity index (χ3v) is 6.27. The SMILES string of the molecule is Cc1nc(C(C)(NCCSC2CCCCC2)C2CC2)no1. The van der Waals surface area contributed by atoms with Crippen LogP contribution in [0, 0.1) is 12.8 Å². The molecule has 0 aliphatic heterocycles. The summed E-state index contributed by atoms with van der Waals surface area (Å²) in [7, 11) is 0. The second-order valence-electron chi connectivity index (χ2n) is 6.67. The number of rotatable bonds is 7. The van der Waals surface area contributed by atoms with Crippen LogP contribution in [0.5, 0.6) is 0 Å². The van der Waals surface area contributed by atoms with E-state index in [1.807, 2.05) is 6.92 Å². The quantitative estimate of drug-likeness (QED) is 0.779. The molecule has 0 radical (unpaired) electrons. The Morgan fingerprint density at radius 1 is 1.24 bits per heavy atom. The van der Waals surface area contributed by atoms with Gasteiger partial charge in [0.2, 0.25) is 5.89 Å². The third kappa shape index (κ3) is 3.81. The first-order valence-electron chi connectivity index (χ1n) is 8.36. The van der Waals surface area contributed by atoms with Crippen molar-refractivity contribution in [2.75, 3.05) is 12.3 Å². The zero-order valence-corrected chi connectivity index (χ0v) is 14.0. The van der Waals surface area contributed by atoms with E-state index in [0.29, 0.717) is 11.8 Å². The van der Waals surface area contributed by atoms with Gasteiger partial charge in [-0.25, -0.2) is 0 Å². The molecule has 2 fully saturated rings. The molecule has 1 aromatic heterocycles. The molecule has 5 heteroatoms. The van der Waals surface area contributed by atoms with Gasteiger partial charge < -0.3 is 9.84 Å². The number of nitrogens with one attached hydrogen (secondary N) is 1. The predicted octanol–water partition coefficient (Wildman–Crippen LogP) is 3.66. The van der Waals surface area contributed by atoms with Crippen LogP contribution in [0.15, 0.2) is 4.52 Å². The van der Waals surface area contributed by atoms with E-state index in [2.05, 4.69) is 34.1 Å². The van der Waals surface area contributed by atoms with Gasteiger partial charge in [-0.1, -0.05) is 24.4 Å². The molecule has 2 aliphatic rings. The summed E-state index contributed by atoms with van der Waals surface area (Å²) in [5.74, 6) is 3.35. The average molecular weight is 309 g/mol. The van der Waals surface area contributed by atoms with Gasteiger partial charge in [0.25, 0.3) is 0 Å². The number of hydrogen-bond acceptors (Lipinski definition) is 5. The molecule has 1 heterocycles. The molecule has 0 saturated heterocycles. The number of hydrogen-bond donors (Lipinski definition) is 1. The number of nitrogens with zero attached hydrogens (tertiary/aromatic N) is 2. The first-order valence-corrected chi connectivity index (χ1v) is 9.41. The van der Waals surface area contributed by atoms with Crippen LogP contribution in [0.2, 0.25) is 0 Å². The predicted molar refractivity (Wildman–Crippen MR) is 86.4 cm³/mol. The molecule has 0 amide bonds. The van der Waals surface area contributed by atoms with Gasteiger partial charge in [-0.2, -0.15) is 16.7 Å². The second kappa shape index (κ2) is 6.69. The van der Waals surface area contributed by atoms with Crippen LogP contribution in [-0.4, -0.2) is 27.7 Å². The van der Waals surface area contributed by atoms with E-state index in [1.54, 1.807) is 0 Å². The van der Waals surface area contributed by atoms with Crippen molar-refractivity contribution >= 4 is 11.8 Å². The molecule has 21 heavy (non-hydrogen) atoms. The van der Waals surface area contributed by atoms with E-state index >= 15 is 0 Å². The Hall–Kier alpha value is -0.550. The molecule has 1 atom stereocenters. The molecule has 0 bridgehead atoms. The van der Waals surface area contributed by atoms with Gasteiger partial charge in [0, 0.05) is 24.5 Å². The van der Waals surface area contributed by atoms with Crippen molar-refractivity contribution in [1.82, 2.24) is 15.5 Å². The molecule has 2 saturated carbocycles. The molecule has 2 aliphatic carbocycles. The maximum atomic E-state index is 5.18. The molecule has 4 nitrogen and oxygen atoms in total. The van der Waals surface area contributed by atoms with Crippen LogP contribution in [-0.2, 0) is 5.54 Å². The lowest BCUT2D eigenvalue weighted by Crippen LogP contribution is -2.44. The minimum Gasteiger partial charge on any atom is -0.340 e. The van der Waals surface area contributed by atoms with Crippen LogP contribution >= 0.6 is 11.8 Å². The minimum atomic E-state index is -0.106. The molecule has 1 aromatic rings. The molecular weight excluding hydrogens is 282 g/mol. The fourth-order valence-corrected chi connectivity index (χ4v) is 4.56. The Bertz CT molecular complexity index is 454. The van der Waals surface area contributed by atoms with Gasteiger partial charge in [-0.15, -0.1) is 0 Å². The fourth-order valence-electron chi connectivity index (χ4n) is 3.34. The van der Waals surface area contributed by atoms with Crippen molar-refractivity contribution in [2.45, 2.75) is 69.6 Å². The Kier molecular flexibility index (Phi) is 4.89. The number of aryl methyl sites for hydroxylation is 1. The highest BCUT2D eigenvalue weighted by atomic mass is 32.2. The summed E-state index contributed by atoms with van der Waals surface area (Å²) in [4.78, 5) is 4.47.